The lowest BCUT2D eigenvalue weighted by Gasteiger charge is -2.16. The first-order chi connectivity index (χ1) is 12.3. The zero-order valence-electron chi connectivity index (χ0n) is 15.1. The van der Waals surface area contributed by atoms with E-state index in [4.69, 9.17) is 0 Å². The highest BCUT2D eigenvalue weighted by Crippen LogP contribution is 2.17. The van der Waals surface area contributed by atoms with Gasteiger partial charge in [0.15, 0.2) is 11.6 Å². The number of hydrogen-bond donors (Lipinski definition) is 2. The number of nitrogens with one attached hydrogen (secondary N) is 2. The average molecular weight is 484 g/mol. The third-order valence-electron chi connectivity index (χ3n) is 3.88. The fourth-order valence-corrected chi connectivity index (χ4v) is 3.36. The Kier molecular flexibility index (Phi) is 8.30. The van der Waals surface area contributed by atoms with Gasteiger partial charge in [0.1, 0.15) is 5.82 Å². The lowest BCUT2D eigenvalue weighted by molar-refractivity contribution is 0.691. The number of pyridine rings is 1. The standard InChI is InChI=1S/C18H24N6S.HI/c1-3-19-18(21-14(2)15-8-7-13-25-15)20-11-6-10-17-23-22-16-9-4-5-12-24(16)17;/h4-5,7-9,12-14H,3,6,10-11H2,1-2H3,(H2,19,20,21);1H. The molecule has 0 amide bonds. The molecule has 2 N–H and O–H groups in total. The molecule has 1 atom stereocenters. The highest BCUT2D eigenvalue weighted by atomic mass is 127. The van der Waals surface area contributed by atoms with Crippen molar-refractivity contribution >= 4 is 46.9 Å². The predicted octanol–water partition coefficient (Wildman–Crippen LogP) is 3.66. The van der Waals surface area contributed by atoms with E-state index in [1.54, 1.807) is 11.3 Å². The minimum Gasteiger partial charge on any atom is -0.357 e. The average Bonchev–Trinajstić information content (AvgIpc) is 3.29. The van der Waals surface area contributed by atoms with Crippen LogP contribution in [0.3, 0.4) is 0 Å². The number of fused-ring (bicyclic) bond motifs is 1. The number of guanidine groups is 1. The Balaban J connectivity index is 0.00000243. The molecule has 3 aromatic rings. The van der Waals surface area contributed by atoms with Crippen LogP contribution in [-0.4, -0.2) is 33.6 Å². The molecule has 0 aromatic carbocycles. The lowest BCUT2D eigenvalue weighted by Crippen LogP contribution is -2.38. The summed E-state index contributed by atoms with van der Waals surface area (Å²) in [4.78, 5) is 5.99. The Morgan fingerprint density at radius 2 is 2.15 bits per heavy atom. The first-order valence-electron chi connectivity index (χ1n) is 8.65. The highest BCUT2D eigenvalue weighted by Gasteiger charge is 2.08. The van der Waals surface area contributed by atoms with Crippen molar-refractivity contribution in [3.05, 3.63) is 52.6 Å². The van der Waals surface area contributed by atoms with Crippen molar-refractivity contribution in [3.8, 4) is 0 Å². The number of thiophene rings is 1. The summed E-state index contributed by atoms with van der Waals surface area (Å²) in [6.07, 6.45) is 3.79. The molecule has 0 saturated heterocycles. The first-order valence-corrected chi connectivity index (χ1v) is 9.52. The normalized spacial score (nSPS) is 12.6. The van der Waals surface area contributed by atoms with Gasteiger partial charge in [-0.05, 0) is 43.8 Å². The molecule has 3 rings (SSSR count). The minimum absolute atomic E-state index is 0. The Morgan fingerprint density at radius 1 is 1.27 bits per heavy atom. The molecule has 0 spiro atoms. The molecule has 0 saturated carbocycles. The molecule has 0 aliphatic carbocycles. The van der Waals surface area contributed by atoms with Crippen LogP contribution in [0.5, 0.6) is 0 Å². The summed E-state index contributed by atoms with van der Waals surface area (Å²) in [5.74, 6) is 1.84. The number of hydrogen-bond acceptors (Lipinski definition) is 4. The molecule has 140 valence electrons. The van der Waals surface area contributed by atoms with Gasteiger partial charge < -0.3 is 10.6 Å². The number of aliphatic imine (C=N–C) groups is 1. The van der Waals surface area contributed by atoms with Gasteiger partial charge in [-0.3, -0.25) is 9.39 Å². The zero-order valence-corrected chi connectivity index (χ0v) is 18.2. The Bertz CT molecular complexity index is 814. The highest BCUT2D eigenvalue weighted by molar-refractivity contribution is 14.0. The molecule has 6 nitrogen and oxygen atoms in total. The fourth-order valence-electron chi connectivity index (χ4n) is 2.62. The van der Waals surface area contributed by atoms with Crippen LogP contribution in [0, 0.1) is 0 Å². The maximum atomic E-state index is 4.68. The van der Waals surface area contributed by atoms with Crippen LogP contribution < -0.4 is 10.6 Å². The second-order valence-corrected chi connectivity index (χ2v) is 6.77. The molecule has 8 heteroatoms. The predicted molar refractivity (Wildman–Crippen MR) is 119 cm³/mol. The van der Waals surface area contributed by atoms with Gasteiger partial charge in [0.05, 0.1) is 6.04 Å². The van der Waals surface area contributed by atoms with E-state index >= 15 is 0 Å². The van der Waals surface area contributed by atoms with Gasteiger partial charge in [0, 0.05) is 30.6 Å². The number of aryl methyl sites for hydroxylation is 1. The van der Waals surface area contributed by atoms with Crippen LogP contribution >= 0.6 is 35.3 Å². The van der Waals surface area contributed by atoms with Gasteiger partial charge in [-0.15, -0.1) is 45.5 Å². The van der Waals surface area contributed by atoms with Gasteiger partial charge in [0.25, 0.3) is 0 Å². The van der Waals surface area contributed by atoms with Crippen LogP contribution in [0.1, 0.15) is 37.0 Å². The van der Waals surface area contributed by atoms with E-state index in [-0.39, 0.29) is 30.0 Å². The molecule has 1 unspecified atom stereocenters. The second kappa shape index (κ2) is 10.5. The topological polar surface area (TPSA) is 66.6 Å². The molecule has 0 bridgehead atoms. The van der Waals surface area contributed by atoms with Gasteiger partial charge >= 0.3 is 0 Å². The Morgan fingerprint density at radius 3 is 2.92 bits per heavy atom. The third kappa shape index (κ3) is 5.41. The van der Waals surface area contributed by atoms with Gasteiger partial charge in [-0.25, -0.2) is 0 Å². The fraction of sp³-hybridized carbons (Fsp3) is 0.389. The summed E-state index contributed by atoms with van der Waals surface area (Å²) in [6, 6.07) is 10.4. The van der Waals surface area contributed by atoms with Crippen LogP contribution in [-0.2, 0) is 6.42 Å². The number of aromatic nitrogens is 3. The van der Waals surface area contributed by atoms with Crippen molar-refractivity contribution in [2.45, 2.75) is 32.7 Å². The molecular formula is C18H25IN6S. The van der Waals surface area contributed by atoms with Crippen molar-refractivity contribution in [2.75, 3.05) is 13.1 Å². The van der Waals surface area contributed by atoms with E-state index < -0.39 is 0 Å². The summed E-state index contributed by atoms with van der Waals surface area (Å²) >= 11 is 1.76. The maximum Gasteiger partial charge on any atom is 0.191 e. The van der Waals surface area contributed by atoms with Crippen molar-refractivity contribution < 1.29 is 0 Å². The number of rotatable bonds is 7. The van der Waals surface area contributed by atoms with Gasteiger partial charge in [-0.2, -0.15) is 0 Å². The van der Waals surface area contributed by atoms with Crippen LogP contribution in [0.2, 0.25) is 0 Å². The molecule has 0 aliphatic heterocycles. The molecule has 0 fully saturated rings. The van der Waals surface area contributed by atoms with E-state index in [1.165, 1.54) is 4.88 Å². The molecule has 3 aromatic heterocycles. The van der Waals surface area contributed by atoms with Gasteiger partial charge in [0.2, 0.25) is 0 Å². The summed E-state index contributed by atoms with van der Waals surface area (Å²) < 4.78 is 2.03. The van der Waals surface area contributed by atoms with E-state index in [9.17, 15) is 0 Å². The number of nitrogens with zero attached hydrogens (tertiary/aromatic N) is 4. The molecule has 3 heterocycles. The van der Waals surface area contributed by atoms with Crippen LogP contribution in [0.4, 0.5) is 0 Å². The molecular weight excluding hydrogens is 459 g/mol. The SMILES string of the molecule is CCNC(=NCCCc1nnc2ccccn12)NC(C)c1cccs1.I. The minimum atomic E-state index is 0. The quantitative estimate of drug-likeness (QED) is 0.233. The zero-order chi connectivity index (χ0) is 17.5. The third-order valence-corrected chi connectivity index (χ3v) is 4.94. The number of halogens is 1. The summed E-state index contributed by atoms with van der Waals surface area (Å²) in [6.45, 7) is 5.82. The van der Waals surface area contributed by atoms with Crippen LogP contribution in [0.15, 0.2) is 46.9 Å². The van der Waals surface area contributed by atoms with Crippen molar-refractivity contribution in [3.63, 3.8) is 0 Å². The van der Waals surface area contributed by atoms with E-state index in [0.29, 0.717) is 0 Å². The molecule has 0 radical (unpaired) electrons. The summed E-state index contributed by atoms with van der Waals surface area (Å²) in [5, 5.41) is 17.3. The monoisotopic (exact) mass is 484 g/mol. The van der Waals surface area contributed by atoms with E-state index in [1.807, 2.05) is 28.8 Å². The van der Waals surface area contributed by atoms with E-state index in [0.717, 1.165) is 43.4 Å². The Hall–Kier alpha value is -1.68. The molecule has 26 heavy (non-hydrogen) atoms. The van der Waals surface area contributed by atoms with Crippen molar-refractivity contribution in [2.24, 2.45) is 4.99 Å². The summed E-state index contributed by atoms with van der Waals surface area (Å²) in [5.41, 5.74) is 0.890. The lowest BCUT2D eigenvalue weighted by atomic mass is 10.3. The van der Waals surface area contributed by atoms with Crippen molar-refractivity contribution in [1.82, 2.24) is 25.2 Å². The largest absolute Gasteiger partial charge is 0.357 e. The second-order valence-electron chi connectivity index (χ2n) is 5.79. The smallest absolute Gasteiger partial charge is 0.191 e. The molecule has 0 aliphatic rings. The first kappa shape index (κ1) is 20.6. The van der Waals surface area contributed by atoms with Gasteiger partial charge in [-0.1, -0.05) is 12.1 Å². The maximum absolute atomic E-state index is 4.68. The van der Waals surface area contributed by atoms with Crippen LogP contribution in [0.25, 0.3) is 5.65 Å². The summed E-state index contributed by atoms with van der Waals surface area (Å²) in [7, 11) is 0. The Labute approximate surface area is 175 Å². The van der Waals surface area contributed by atoms with Crippen molar-refractivity contribution in [1.29, 1.82) is 0 Å². The van der Waals surface area contributed by atoms with E-state index in [2.05, 4.69) is 57.2 Å².